The molecule has 3 aliphatic rings. The summed E-state index contributed by atoms with van der Waals surface area (Å²) in [6, 6.07) is 22.4. The maximum Gasteiger partial charge on any atom is 0.266 e. The van der Waals surface area contributed by atoms with Crippen LogP contribution in [0.1, 0.15) is 71.1 Å². The van der Waals surface area contributed by atoms with E-state index in [1.54, 1.807) is 18.2 Å². The van der Waals surface area contributed by atoms with Gasteiger partial charge in [-0.15, -0.1) is 0 Å². The molecule has 7 rings (SSSR count). The molecule has 0 radical (unpaired) electrons. The Bertz CT molecular complexity index is 1650. The number of rotatable bonds is 3. The lowest BCUT2D eigenvalue weighted by Crippen LogP contribution is -2.47. The number of hydrogen-bond donors (Lipinski definition) is 1. The molecule has 190 valence electrons. The van der Waals surface area contributed by atoms with Gasteiger partial charge in [-0.2, -0.15) is 0 Å². The molecule has 5 nitrogen and oxygen atoms in total. The van der Waals surface area contributed by atoms with Crippen LogP contribution in [0.25, 0.3) is 21.5 Å². The minimum absolute atomic E-state index is 0.00961. The van der Waals surface area contributed by atoms with Crippen molar-refractivity contribution in [2.45, 2.75) is 46.1 Å². The van der Waals surface area contributed by atoms with Gasteiger partial charge in [0, 0.05) is 22.6 Å². The minimum Gasteiger partial charge on any atom is -0.349 e. The molecule has 38 heavy (non-hydrogen) atoms. The Morgan fingerprint density at radius 3 is 2.03 bits per heavy atom. The van der Waals surface area contributed by atoms with Crippen molar-refractivity contribution < 1.29 is 14.4 Å². The number of benzene rings is 4. The van der Waals surface area contributed by atoms with Crippen molar-refractivity contribution in [2.75, 3.05) is 4.90 Å². The predicted molar refractivity (Wildman–Crippen MR) is 150 cm³/mol. The van der Waals surface area contributed by atoms with Gasteiger partial charge >= 0.3 is 0 Å². The summed E-state index contributed by atoms with van der Waals surface area (Å²) in [5.41, 5.74) is 1.78. The smallest absolute Gasteiger partial charge is 0.266 e. The quantitative estimate of drug-likeness (QED) is 0.316. The Hall–Kier alpha value is -3.99. The van der Waals surface area contributed by atoms with Gasteiger partial charge in [0.15, 0.2) is 0 Å². The zero-order chi connectivity index (χ0) is 26.4. The van der Waals surface area contributed by atoms with E-state index in [2.05, 4.69) is 26.1 Å². The fourth-order valence-corrected chi connectivity index (χ4v) is 7.50. The minimum atomic E-state index is -0.406. The van der Waals surface area contributed by atoms with E-state index in [0.717, 1.165) is 29.0 Å². The average Bonchev–Trinajstić information content (AvgIpc) is 3.25. The van der Waals surface area contributed by atoms with E-state index in [1.165, 1.54) is 11.3 Å². The van der Waals surface area contributed by atoms with Crippen LogP contribution in [0.4, 0.5) is 5.69 Å². The molecule has 3 atom stereocenters. The lowest BCUT2D eigenvalue weighted by atomic mass is 9.69. The SMILES string of the molecule is CC1(C)[C@@H]2CC[C@@]1(C)[C@@H](NC(=O)c1cc3ccccc3cc1N1C(=O)c3cccc4cccc(c34)C1=O)C2. The van der Waals surface area contributed by atoms with Gasteiger partial charge in [-0.05, 0) is 76.4 Å². The summed E-state index contributed by atoms with van der Waals surface area (Å²) in [4.78, 5) is 43.0. The van der Waals surface area contributed by atoms with Gasteiger partial charge in [0.1, 0.15) is 0 Å². The first-order chi connectivity index (χ1) is 18.2. The van der Waals surface area contributed by atoms with Crippen LogP contribution >= 0.6 is 0 Å². The first kappa shape index (κ1) is 23.2. The molecule has 3 amide bonds. The average molecular weight is 503 g/mol. The number of carbonyl (C=O) groups excluding carboxylic acids is 3. The molecular formula is C33H30N2O3. The number of fused-ring (bicyclic) bond motifs is 3. The van der Waals surface area contributed by atoms with E-state index in [-0.39, 0.29) is 22.8 Å². The summed E-state index contributed by atoms with van der Waals surface area (Å²) >= 11 is 0. The maximum absolute atomic E-state index is 14.0. The summed E-state index contributed by atoms with van der Waals surface area (Å²) < 4.78 is 0. The van der Waals surface area contributed by atoms with Crippen LogP contribution in [0.3, 0.4) is 0 Å². The first-order valence-electron chi connectivity index (χ1n) is 13.4. The second kappa shape index (κ2) is 7.76. The van der Waals surface area contributed by atoms with Crippen molar-refractivity contribution in [1.82, 2.24) is 5.32 Å². The first-order valence-corrected chi connectivity index (χ1v) is 13.4. The molecule has 2 bridgehead atoms. The number of carbonyl (C=O) groups is 3. The molecule has 0 saturated heterocycles. The Morgan fingerprint density at radius 2 is 1.45 bits per heavy atom. The number of nitrogens with one attached hydrogen (secondary N) is 1. The molecule has 5 heteroatoms. The largest absolute Gasteiger partial charge is 0.349 e. The Kier molecular flexibility index (Phi) is 4.73. The van der Waals surface area contributed by atoms with Crippen LogP contribution in [-0.2, 0) is 0 Å². The molecule has 4 aromatic rings. The van der Waals surface area contributed by atoms with Crippen molar-refractivity contribution in [3.8, 4) is 0 Å². The molecule has 0 aromatic heterocycles. The topological polar surface area (TPSA) is 66.5 Å². The van der Waals surface area contributed by atoms with Crippen LogP contribution in [0.15, 0.2) is 72.8 Å². The van der Waals surface area contributed by atoms with E-state index < -0.39 is 11.8 Å². The van der Waals surface area contributed by atoms with Crippen molar-refractivity contribution in [3.63, 3.8) is 0 Å². The van der Waals surface area contributed by atoms with Crippen LogP contribution in [0.2, 0.25) is 0 Å². The monoisotopic (exact) mass is 502 g/mol. The lowest BCUT2D eigenvalue weighted by molar-refractivity contribution is 0.0827. The van der Waals surface area contributed by atoms with Crippen LogP contribution in [-0.4, -0.2) is 23.8 Å². The van der Waals surface area contributed by atoms with Crippen LogP contribution < -0.4 is 10.2 Å². The predicted octanol–water partition coefficient (Wildman–Crippen LogP) is 6.74. The fraction of sp³-hybridized carbons (Fsp3) is 0.303. The molecular weight excluding hydrogens is 472 g/mol. The summed E-state index contributed by atoms with van der Waals surface area (Å²) in [5, 5.41) is 6.63. The van der Waals surface area contributed by atoms with Crippen molar-refractivity contribution in [3.05, 3.63) is 89.5 Å². The second-order valence-electron chi connectivity index (χ2n) is 12.0. The van der Waals surface area contributed by atoms with Crippen molar-refractivity contribution in [2.24, 2.45) is 16.7 Å². The third-order valence-electron chi connectivity index (χ3n) is 10.2. The van der Waals surface area contributed by atoms with Crippen LogP contribution in [0.5, 0.6) is 0 Å². The molecule has 2 fully saturated rings. The number of amides is 3. The van der Waals surface area contributed by atoms with Gasteiger partial charge in [-0.3, -0.25) is 14.4 Å². The summed E-state index contributed by atoms with van der Waals surface area (Å²) in [6.07, 6.45) is 3.23. The molecule has 1 N–H and O–H groups in total. The number of imide groups is 1. The van der Waals surface area contributed by atoms with Gasteiger partial charge < -0.3 is 5.32 Å². The molecule has 0 spiro atoms. The third kappa shape index (κ3) is 2.96. The highest BCUT2D eigenvalue weighted by Gasteiger charge is 2.61. The number of nitrogens with zero attached hydrogens (tertiary/aromatic N) is 1. The van der Waals surface area contributed by atoms with E-state index in [1.807, 2.05) is 54.6 Å². The fourth-order valence-electron chi connectivity index (χ4n) is 7.50. The van der Waals surface area contributed by atoms with Crippen LogP contribution in [0, 0.1) is 16.7 Å². The Labute approximate surface area is 221 Å². The highest BCUT2D eigenvalue weighted by molar-refractivity contribution is 6.36. The zero-order valence-corrected chi connectivity index (χ0v) is 21.9. The highest BCUT2D eigenvalue weighted by atomic mass is 16.2. The summed E-state index contributed by atoms with van der Waals surface area (Å²) in [7, 11) is 0. The summed E-state index contributed by atoms with van der Waals surface area (Å²) in [6.45, 7) is 6.93. The van der Waals surface area contributed by atoms with Crippen molar-refractivity contribution in [1.29, 1.82) is 0 Å². The van der Waals surface area contributed by atoms with E-state index in [4.69, 9.17) is 0 Å². The highest BCUT2D eigenvalue weighted by Crippen LogP contribution is 2.65. The molecule has 2 saturated carbocycles. The van der Waals surface area contributed by atoms with Gasteiger partial charge in [-0.1, -0.05) is 69.3 Å². The Balaban J connectivity index is 1.36. The second-order valence-corrected chi connectivity index (χ2v) is 12.0. The van der Waals surface area contributed by atoms with Gasteiger partial charge in [0.25, 0.3) is 17.7 Å². The maximum atomic E-state index is 14.0. The normalized spacial score (nSPS) is 25.4. The standard InChI is InChI=1S/C33H30N2O3/c1-32(2)22-14-15-33(32,3)27(18-22)34-29(36)25-16-20-8-4-5-9-21(20)17-26(25)35-30(37)23-12-6-10-19-11-7-13-24(28(19)23)31(35)38/h4-13,16-17,22,27H,14-15,18H2,1-3H3,(H,34,36)/t22-,27+,33+/m1/s1. The van der Waals surface area contributed by atoms with E-state index in [0.29, 0.717) is 33.7 Å². The van der Waals surface area contributed by atoms with E-state index >= 15 is 0 Å². The molecule has 1 aliphatic heterocycles. The molecule has 1 heterocycles. The number of hydrogen-bond acceptors (Lipinski definition) is 3. The van der Waals surface area contributed by atoms with Gasteiger partial charge in [0.05, 0.1) is 11.3 Å². The van der Waals surface area contributed by atoms with E-state index in [9.17, 15) is 14.4 Å². The lowest BCUT2D eigenvalue weighted by Gasteiger charge is -2.39. The Morgan fingerprint density at radius 1 is 0.842 bits per heavy atom. The van der Waals surface area contributed by atoms with Gasteiger partial charge in [0.2, 0.25) is 0 Å². The summed E-state index contributed by atoms with van der Waals surface area (Å²) in [5.74, 6) is -0.470. The van der Waals surface area contributed by atoms with Crippen molar-refractivity contribution >= 4 is 45.0 Å². The molecule has 0 unspecified atom stereocenters. The molecule has 2 aliphatic carbocycles. The van der Waals surface area contributed by atoms with Gasteiger partial charge in [-0.25, -0.2) is 4.90 Å². The molecule has 4 aromatic carbocycles. The zero-order valence-electron chi connectivity index (χ0n) is 21.9. The third-order valence-corrected chi connectivity index (χ3v) is 10.2. The number of anilines is 1.